The van der Waals surface area contributed by atoms with Gasteiger partial charge in [-0.25, -0.2) is 0 Å². The third-order valence-corrected chi connectivity index (χ3v) is 7.44. The van der Waals surface area contributed by atoms with E-state index in [0.717, 1.165) is 25.7 Å². The summed E-state index contributed by atoms with van der Waals surface area (Å²) in [5.41, 5.74) is 0.420. The molecular weight excluding hydrogens is 232 g/mol. The minimum atomic E-state index is -2.12. The van der Waals surface area contributed by atoms with Crippen LogP contribution >= 0.6 is 0 Å². The van der Waals surface area contributed by atoms with Crippen molar-refractivity contribution in [2.45, 2.75) is 57.2 Å². The minimum absolute atomic E-state index is 0.159. The zero-order valence-corrected chi connectivity index (χ0v) is 11.9. The Morgan fingerprint density at radius 1 is 1.18 bits per heavy atom. The van der Waals surface area contributed by atoms with Gasteiger partial charge in [-0.15, -0.1) is 0 Å². The topological polar surface area (TPSA) is 57.5 Å². The van der Waals surface area contributed by atoms with Gasteiger partial charge in [0, 0.05) is 0 Å². The summed E-state index contributed by atoms with van der Waals surface area (Å²) in [6.45, 7) is 4.04. The summed E-state index contributed by atoms with van der Waals surface area (Å²) in [5.74, 6) is 0.368. The first-order valence-corrected chi connectivity index (χ1v) is 9.87. The van der Waals surface area contributed by atoms with Gasteiger partial charge in [0.05, 0.1) is 5.92 Å². The molecule has 3 nitrogen and oxygen atoms in total. The lowest BCUT2D eigenvalue weighted by atomic mass is 9.67. The number of carboxylic acid groups (broad SMARTS) is 1. The summed E-state index contributed by atoms with van der Waals surface area (Å²) >= 11 is 0. The lowest BCUT2D eigenvalue weighted by Gasteiger charge is -2.46. The number of aliphatic carboxylic acids is 1. The van der Waals surface area contributed by atoms with Gasteiger partial charge in [-0.1, -0.05) is 19.3 Å². The summed E-state index contributed by atoms with van der Waals surface area (Å²) < 4.78 is 0. The van der Waals surface area contributed by atoms with Crippen molar-refractivity contribution in [2.75, 3.05) is 0 Å². The molecule has 0 amide bonds. The monoisotopic (exact) mass is 256 g/mol. The standard InChI is InChI=1S/C13H24O3Si/c1-17(2,16)12-5-3-4-9-6-7-10(13(14)15)8-11(9)12/h9-12,16H,3-8H2,1-2H3,(H,14,15). The number of hydrogen-bond donors (Lipinski definition) is 2. The zero-order chi connectivity index (χ0) is 12.6. The van der Waals surface area contributed by atoms with Crippen LogP contribution in [0.15, 0.2) is 0 Å². The molecule has 0 bridgehead atoms. The highest BCUT2D eigenvalue weighted by Gasteiger charge is 2.45. The van der Waals surface area contributed by atoms with Gasteiger partial charge >= 0.3 is 5.97 Å². The maximum Gasteiger partial charge on any atom is 0.306 e. The summed E-state index contributed by atoms with van der Waals surface area (Å²) in [7, 11) is -2.12. The van der Waals surface area contributed by atoms with Crippen LogP contribution in [0.25, 0.3) is 0 Å². The van der Waals surface area contributed by atoms with E-state index in [1.807, 2.05) is 13.1 Å². The number of rotatable bonds is 2. The highest BCUT2D eigenvalue weighted by atomic mass is 28.4. The molecule has 17 heavy (non-hydrogen) atoms. The van der Waals surface area contributed by atoms with Crippen LogP contribution in [-0.2, 0) is 4.79 Å². The Morgan fingerprint density at radius 3 is 2.47 bits per heavy atom. The van der Waals surface area contributed by atoms with Crippen molar-refractivity contribution in [3.05, 3.63) is 0 Å². The predicted octanol–water partition coefficient (Wildman–Crippen LogP) is 2.86. The molecule has 0 aliphatic heterocycles. The van der Waals surface area contributed by atoms with E-state index in [-0.39, 0.29) is 5.92 Å². The van der Waals surface area contributed by atoms with E-state index in [1.54, 1.807) is 0 Å². The SMILES string of the molecule is C[Si](C)(O)C1CCCC2CCC(C(=O)O)CC21. The molecule has 2 aliphatic carbocycles. The lowest BCUT2D eigenvalue weighted by Crippen LogP contribution is -2.44. The average Bonchev–Trinajstić information content (AvgIpc) is 2.26. The molecule has 2 fully saturated rings. The molecule has 98 valence electrons. The van der Waals surface area contributed by atoms with Crippen molar-refractivity contribution in [3.63, 3.8) is 0 Å². The van der Waals surface area contributed by atoms with Crippen LogP contribution in [0.4, 0.5) is 0 Å². The molecule has 0 radical (unpaired) electrons. The Kier molecular flexibility index (Phi) is 3.64. The molecule has 0 spiro atoms. The summed E-state index contributed by atoms with van der Waals surface area (Å²) in [4.78, 5) is 21.5. The molecule has 0 heterocycles. The molecule has 0 aromatic rings. The van der Waals surface area contributed by atoms with Gasteiger partial charge < -0.3 is 9.90 Å². The zero-order valence-electron chi connectivity index (χ0n) is 10.9. The van der Waals surface area contributed by atoms with Crippen LogP contribution in [0.3, 0.4) is 0 Å². The number of carboxylic acids is 1. The van der Waals surface area contributed by atoms with Crippen molar-refractivity contribution in [2.24, 2.45) is 17.8 Å². The molecule has 2 saturated carbocycles. The quantitative estimate of drug-likeness (QED) is 0.747. The highest BCUT2D eigenvalue weighted by Crippen LogP contribution is 2.51. The fourth-order valence-electron chi connectivity index (χ4n) is 4.03. The molecule has 4 unspecified atom stereocenters. The first-order chi connectivity index (χ1) is 7.89. The van der Waals surface area contributed by atoms with Crippen LogP contribution in [0.1, 0.15) is 38.5 Å². The van der Waals surface area contributed by atoms with E-state index in [2.05, 4.69) is 0 Å². The Hall–Kier alpha value is -0.353. The molecule has 0 aromatic carbocycles. The Bertz CT molecular complexity index is 298. The number of carbonyl (C=O) groups is 1. The fourth-order valence-corrected chi connectivity index (χ4v) is 6.40. The second-order valence-electron chi connectivity index (χ2n) is 6.46. The maximum atomic E-state index is 11.1. The molecular formula is C13H24O3Si. The molecule has 0 aromatic heterocycles. The van der Waals surface area contributed by atoms with Crippen molar-refractivity contribution in [3.8, 4) is 0 Å². The van der Waals surface area contributed by atoms with Crippen LogP contribution in [0.2, 0.25) is 18.6 Å². The number of fused-ring (bicyclic) bond motifs is 1. The lowest BCUT2D eigenvalue weighted by molar-refractivity contribution is -0.144. The predicted molar refractivity (Wildman–Crippen MR) is 69.3 cm³/mol. The van der Waals surface area contributed by atoms with Gasteiger partial charge in [-0.05, 0) is 49.7 Å². The largest absolute Gasteiger partial charge is 0.481 e. The van der Waals surface area contributed by atoms with Gasteiger partial charge in [0.2, 0.25) is 0 Å². The van der Waals surface area contributed by atoms with Gasteiger partial charge in [0.1, 0.15) is 0 Å². The van der Waals surface area contributed by atoms with Crippen LogP contribution in [-0.4, -0.2) is 24.2 Å². The number of hydrogen-bond acceptors (Lipinski definition) is 2. The van der Waals surface area contributed by atoms with E-state index < -0.39 is 14.3 Å². The highest BCUT2D eigenvalue weighted by molar-refractivity contribution is 6.71. The van der Waals surface area contributed by atoms with Crippen molar-refractivity contribution < 1.29 is 14.7 Å². The van der Waals surface area contributed by atoms with Crippen molar-refractivity contribution in [1.82, 2.24) is 0 Å². The van der Waals surface area contributed by atoms with E-state index in [0.29, 0.717) is 17.4 Å². The summed E-state index contributed by atoms with van der Waals surface area (Å²) in [6.07, 6.45) is 6.29. The fraction of sp³-hybridized carbons (Fsp3) is 0.923. The van der Waals surface area contributed by atoms with E-state index in [9.17, 15) is 9.59 Å². The van der Waals surface area contributed by atoms with Crippen molar-refractivity contribution in [1.29, 1.82) is 0 Å². The third kappa shape index (κ3) is 2.73. The first-order valence-electron chi connectivity index (χ1n) is 6.84. The Morgan fingerprint density at radius 2 is 1.88 bits per heavy atom. The molecule has 4 heteroatoms. The van der Waals surface area contributed by atoms with Crippen LogP contribution in [0, 0.1) is 17.8 Å². The molecule has 2 aliphatic rings. The van der Waals surface area contributed by atoms with Gasteiger partial charge in [0.25, 0.3) is 0 Å². The molecule has 2 N–H and O–H groups in total. The van der Waals surface area contributed by atoms with Crippen LogP contribution < -0.4 is 0 Å². The van der Waals surface area contributed by atoms with Crippen LogP contribution in [0.5, 0.6) is 0 Å². The molecule has 2 rings (SSSR count). The van der Waals surface area contributed by atoms with Gasteiger partial charge in [0.15, 0.2) is 8.32 Å². The molecule has 0 saturated heterocycles. The normalized spacial score (nSPS) is 38.5. The summed E-state index contributed by atoms with van der Waals surface area (Å²) in [6, 6.07) is 0. The van der Waals surface area contributed by atoms with Gasteiger partial charge in [-0.3, -0.25) is 4.79 Å². The summed E-state index contributed by atoms with van der Waals surface area (Å²) in [5, 5.41) is 9.17. The van der Waals surface area contributed by atoms with Crippen molar-refractivity contribution >= 4 is 14.3 Å². The first kappa shape index (κ1) is 13.1. The maximum absolute atomic E-state index is 11.1. The average molecular weight is 256 g/mol. The van der Waals surface area contributed by atoms with Gasteiger partial charge in [-0.2, -0.15) is 0 Å². The molecule has 4 atom stereocenters. The smallest absolute Gasteiger partial charge is 0.306 e. The van der Waals surface area contributed by atoms with E-state index >= 15 is 0 Å². The van der Waals surface area contributed by atoms with E-state index in [1.165, 1.54) is 12.8 Å². The minimum Gasteiger partial charge on any atom is -0.481 e. The Balaban J connectivity index is 2.12. The Labute approximate surface area is 104 Å². The second kappa shape index (κ2) is 4.73. The second-order valence-corrected chi connectivity index (χ2v) is 10.5. The third-order valence-electron chi connectivity index (χ3n) is 4.91. The van der Waals surface area contributed by atoms with E-state index in [4.69, 9.17) is 5.11 Å².